The van der Waals surface area contributed by atoms with Gasteiger partial charge in [0.2, 0.25) is 0 Å². The second-order valence-corrected chi connectivity index (χ2v) is 8.03. The molecule has 30 heavy (non-hydrogen) atoms. The van der Waals surface area contributed by atoms with Crippen LogP contribution in [0.3, 0.4) is 0 Å². The van der Waals surface area contributed by atoms with Gasteiger partial charge in [0, 0.05) is 29.4 Å². The van der Waals surface area contributed by atoms with Crippen molar-refractivity contribution in [3.05, 3.63) is 65.2 Å². The van der Waals surface area contributed by atoms with E-state index in [0.717, 1.165) is 61.4 Å². The third kappa shape index (κ3) is 3.90. The largest absolute Gasteiger partial charge is 0.367 e. The number of anilines is 1. The van der Waals surface area contributed by atoms with E-state index in [-0.39, 0.29) is 11.7 Å². The molecule has 2 N–H and O–H groups in total. The van der Waals surface area contributed by atoms with E-state index in [0.29, 0.717) is 17.2 Å². The summed E-state index contributed by atoms with van der Waals surface area (Å²) in [5.41, 5.74) is 4.90. The van der Waals surface area contributed by atoms with Crippen molar-refractivity contribution >= 4 is 28.6 Å². The number of Topliss-reactive ketones (excluding diaryl/α,β-unsaturated/α-hetero) is 1. The van der Waals surface area contributed by atoms with Gasteiger partial charge < -0.3 is 15.5 Å². The van der Waals surface area contributed by atoms with Gasteiger partial charge >= 0.3 is 0 Å². The fourth-order valence-corrected chi connectivity index (χ4v) is 4.51. The van der Waals surface area contributed by atoms with E-state index in [9.17, 15) is 9.59 Å². The number of hydrogen-bond donors (Lipinski definition) is 2. The maximum absolute atomic E-state index is 13.2. The molecule has 5 heteroatoms. The van der Waals surface area contributed by atoms with Gasteiger partial charge in [0.1, 0.15) is 0 Å². The average molecular weight is 404 g/mol. The Balaban J connectivity index is 1.94. The molecule has 1 fully saturated rings. The summed E-state index contributed by atoms with van der Waals surface area (Å²) in [5.74, 6) is -0.0962. The minimum absolute atomic E-state index is 0.00142. The Bertz CT molecular complexity index is 975. The molecule has 0 radical (unpaired) electrons. The number of ketones is 1. The first kappa shape index (κ1) is 20.4. The molecule has 2 aliphatic heterocycles. The smallest absolute Gasteiger partial charge is 0.258 e. The molecule has 0 aromatic heterocycles. The van der Waals surface area contributed by atoms with Crippen molar-refractivity contribution in [2.75, 3.05) is 25.0 Å². The quantitative estimate of drug-likeness (QED) is 0.561. The zero-order valence-electron chi connectivity index (χ0n) is 17.7. The van der Waals surface area contributed by atoms with Gasteiger partial charge in [-0.2, -0.15) is 0 Å². The summed E-state index contributed by atoms with van der Waals surface area (Å²) < 4.78 is 0. The van der Waals surface area contributed by atoms with E-state index in [1.54, 1.807) is 13.0 Å². The second-order valence-electron chi connectivity index (χ2n) is 8.03. The molecule has 0 saturated carbocycles. The first-order valence-corrected chi connectivity index (χ1v) is 10.8. The van der Waals surface area contributed by atoms with E-state index >= 15 is 0 Å². The Kier molecular flexibility index (Phi) is 6.00. The standard InChI is InChI=1S/C25H29N3O2/c1-3-15-28(20-11-13-26-14-12-20)24(18-7-5-4-6-8-18)23-21-16-19(17(2)29)9-10-22(21)27-25(23)30/h4-10,16,20,26H,3,11-15H2,1-2H3,(H,27,30). The normalized spacial score (nSPS) is 18.0. The van der Waals surface area contributed by atoms with E-state index in [4.69, 9.17) is 0 Å². The number of amides is 1. The third-order valence-electron chi connectivity index (χ3n) is 5.96. The highest BCUT2D eigenvalue weighted by Crippen LogP contribution is 2.40. The highest BCUT2D eigenvalue weighted by Gasteiger charge is 2.33. The fourth-order valence-electron chi connectivity index (χ4n) is 4.51. The summed E-state index contributed by atoms with van der Waals surface area (Å²) in [6.07, 6.45) is 3.09. The van der Waals surface area contributed by atoms with E-state index < -0.39 is 0 Å². The van der Waals surface area contributed by atoms with Crippen LogP contribution >= 0.6 is 0 Å². The molecule has 156 valence electrons. The Hall–Kier alpha value is -2.92. The molecule has 0 aliphatic carbocycles. The summed E-state index contributed by atoms with van der Waals surface area (Å²) in [6.45, 7) is 6.59. The van der Waals surface area contributed by atoms with Crippen molar-refractivity contribution in [2.24, 2.45) is 0 Å². The van der Waals surface area contributed by atoms with Gasteiger partial charge in [0.25, 0.3) is 5.91 Å². The first-order valence-electron chi connectivity index (χ1n) is 10.8. The number of hydrogen-bond acceptors (Lipinski definition) is 4. The molecular formula is C25H29N3O2. The van der Waals surface area contributed by atoms with Gasteiger partial charge in [-0.1, -0.05) is 37.3 Å². The monoisotopic (exact) mass is 403 g/mol. The summed E-state index contributed by atoms with van der Waals surface area (Å²) in [4.78, 5) is 27.7. The molecular weight excluding hydrogens is 374 g/mol. The highest BCUT2D eigenvalue weighted by atomic mass is 16.2. The Labute approximate surface area is 178 Å². The zero-order chi connectivity index (χ0) is 21.1. The zero-order valence-corrected chi connectivity index (χ0v) is 17.7. The number of nitrogens with zero attached hydrogens (tertiary/aromatic N) is 1. The lowest BCUT2D eigenvalue weighted by Gasteiger charge is -2.38. The molecule has 2 aromatic rings. The maximum Gasteiger partial charge on any atom is 0.258 e. The van der Waals surface area contributed by atoms with Crippen LogP contribution < -0.4 is 10.6 Å². The van der Waals surface area contributed by atoms with Crippen LogP contribution in [0.1, 0.15) is 54.6 Å². The van der Waals surface area contributed by atoms with Gasteiger partial charge in [0.05, 0.1) is 11.3 Å². The molecule has 2 aliphatic rings. The van der Waals surface area contributed by atoms with Crippen LogP contribution in [-0.2, 0) is 4.79 Å². The second kappa shape index (κ2) is 8.84. The number of fused-ring (bicyclic) bond motifs is 1. The Morgan fingerprint density at radius 3 is 2.47 bits per heavy atom. The van der Waals surface area contributed by atoms with Crippen molar-refractivity contribution in [1.29, 1.82) is 0 Å². The number of benzene rings is 2. The van der Waals surface area contributed by atoms with E-state index in [1.807, 2.05) is 30.3 Å². The molecule has 5 nitrogen and oxygen atoms in total. The summed E-state index contributed by atoms with van der Waals surface area (Å²) in [6, 6.07) is 16.0. The number of nitrogens with one attached hydrogen (secondary N) is 2. The van der Waals surface area contributed by atoms with Crippen molar-refractivity contribution < 1.29 is 9.59 Å². The number of carbonyl (C=O) groups excluding carboxylic acids is 2. The molecule has 0 atom stereocenters. The third-order valence-corrected chi connectivity index (χ3v) is 5.96. The topological polar surface area (TPSA) is 61.4 Å². The molecule has 4 rings (SSSR count). The SMILES string of the molecule is CCCN(C(=C1C(=O)Nc2ccc(C(C)=O)cc21)c1ccccc1)C1CCNCC1. The highest BCUT2D eigenvalue weighted by molar-refractivity contribution is 6.36. The fraction of sp³-hybridized carbons (Fsp3) is 0.360. The van der Waals surface area contributed by atoms with Crippen LogP contribution in [0.4, 0.5) is 5.69 Å². The molecule has 2 aromatic carbocycles. The molecule has 0 unspecified atom stereocenters. The van der Waals surface area contributed by atoms with Gasteiger partial charge in [-0.25, -0.2) is 0 Å². The molecule has 1 saturated heterocycles. The first-order chi connectivity index (χ1) is 14.6. The number of carbonyl (C=O) groups is 2. The molecule has 0 bridgehead atoms. The van der Waals surface area contributed by atoms with Gasteiger partial charge in [0.15, 0.2) is 5.78 Å². The van der Waals surface area contributed by atoms with Crippen LogP contribution in [0, 0.1) is 0 Å². The van der Waals surface area contributed by atoms with Crippen molar-refractivity contribution in [3.63, 3.8) is 0 Å². The van der Waals surface area contributed by atoms with Crippen LogP contribution in [-0.4, -0.2) is 42.3 Å². The van der Waals surface area contributed by atoms with Crippen molar-refractivity contribution in [3.8, 4) is 0 Å². The lowest BCUT2D eigenvalue weighted by molar-refractivity contribution is -0.110. The van der Waals surface area contributed by atoms with Crippen LogP contribution in [0.5, 0.6) is 0 Å². The van der Waals surface area contributed by atoms with Gasteiger partial charge in [-0.3, -0.25) is 9.59 Å². The summed E-state index contributed by atoms with van der Waals surface area (Å²) >= 11 is 0. The maximum atomic E-state index is 13.2. The van der Waals surface area contributed by atoms with E-state index in [2.05, 4.69) is 34.6 Å². The van der Waals surface area contributed by atoms with Crippen molar-refractivity contribution in [1.82, 2.24) is 10.2 Å². The van der Waals surface area contributed by atoms with Gasteiger partial charge in [-0.15, -0.1) is 0 Å². The minimum Gasteiger partial charge on any atom is -0.367 e. The van der Waals surface area contributed by atoms with Gasteiger partial charge in [-0.05, 0) is 63.0 Å². The summed E-state index contributed by atoms with van der Waals surface area (Å²) in [7, 11) is 0. The Morgan fingerprint density at radius 1 is 1.07 bits per heavy atom. The molecule has 0 spiro atoms. The predicted molar refractivity (Wildman–Crippen MR) is 121 cm³/mol. The lowest BCUT2D eigenvalue weighted by Crippen LogP contribution is -2.43. The number of rotatable bonds is 6. The molecule has 1 amide bonds. The van der Waals surface area contributed by atoms with Crippen molar-refractivity contribution in [2.45, 2.75) is 39.2 Å². The van der Waals surface area contributed by atoms with E-state index in [1.165, 1.54) is 0 Å². The summed E-state index contributed by atoms with van der Waals surface area (Å²) in [5, 5.41) is 6.46. The average Bonchev–Trinajstić information content (AvgIpc) is 3.09. The molecule has 2 heterocycles. The number of piperidine rings is 1. The van der Waals surface area contributed by atoms with Crippen LogP contribution in [0.15, 0.2) is 48.5 Å². The predicted octanol–water partition coefficient (Wildman–Crippen LogP) is 4.17. The lowest BCUT2D eigenvalue weighted by atomic mass is 9.94. The van der Waals surface area contributed by atoms with Crippen LogP contribution in [0.25, 0.3) is 11.3 Å². The Morgan fingerprint density at radius 2 is 1.80 bits per heavy atom. The minimum atomic E-state index is -0.0976. The van der Waals surface area contributed by atoms with Crippen LogP contribution in [0.2, 0.25) is 0 Å².